The van der Waals surface area contributed by atoms with Gasteiger partial charge in [0.1, 0.15) is 5.78 Å². The highest BCUT2D eigenvalue weighted by molar-refractivity contribution is 7.27. The van der Waals surface area contributed by atoms with Crippen LogP contribution >= 0.6 is 22.7 Å². The number of amides is 1. The third kappa shape index (κ3) is 2.33. The molecule has 0 unspecified atom stereocenters. The first-order valence-electron chi connectivity index (χ1n) is 6.02. The van der Waals surface area contributed by atoms with Crippen LogP contribution in [0.25, 0.3) is 9.40 Å². The molecule has 0 aromatic carbocycles. The summed E-state index contributed by atoms with van der Waals surface area (Å²) >= 11 is 3.19. The maximum atomic E-state index is 12.1. The summed E-state index contributed by atoms with van der Waals surface area (Å²) in [7, 11) is 0. The number of nitrogens with one attached hydrogen (secondary N) is 1. The maximum Gasteiger partial charge on any atom is 0.261 e. The standard InChI is InChI=1S/C13H13NO2S2/c15-9-3-1-8(2-4-9)14-13(16)12-7-11-10(18-12)5-6-17-11/h5-8H,1-4H2,(H,14,16). The quantitative estimate of drug-likeness (QED) is 0.917. The molecule has 0 atom stereocenters. The Morgan fingerprint density at radius 3 is 2.78 bits per heavy atom. The van der Waals surface area contributed by atoms with E-state index >= 15 is 0 Å². The highest BCUT2D eigenvalue weighted by Gasteiger charge is 2.21. The minimum Gasteiger partial charge on any atom is -0.349 e. The van der Waals surface area contributed by atoms with E-state index in [-0.39, 0.29) is 11.9 Å². The topological polar surface area (TPSA) is 46.2 Å². The van der Waals surface area contributed by atoms with Crippen molar-refractivity contribution in [2.75, 3.05) is 0 Å². The van der Waals surface area contributed by atoms with E-state index in [4.69, 9.17) is 0 Å². The van der Waals surface area contributed by atoms with Crippen molar-refractivity contribution in [1.29, 1.82) is 0 Å². The molecule has 0 spiro atoms. The molecule has 1 aliphatic carbocycles. The van der Waals surface area contributed by atoms with Gasteiger partial charge in [0.2, 0.25) is 0 Å². The lowest BCUT2D eigenvalue weighted by Gasteiger charge is -2.21. The predicted molar refractivity (Wildman–Crippen MR) is 74.4 cm³/mol. The van der Waals surface area contributed by atoms with Crippen LogP contribution < -0.4 is 5.32 Å². The van der Waals surface area contributed by atoms with Gasteiger partial charge in [0.05, 0.1) is 4.88 Å². The number of carbonyl (C=O) groups is 2. The Bertz CT molecular complexity index is 560. The summed E-state index contributed by atoms with van der Waals surface area (Å²) in [5, 5.41) is 5.07. The molecule has 2 aromatic rings. The van der Waals surface area contributed by atoms with Crippen LogP contribution in [0.3, 0.4) is 0 Å². The van der Waals surface area contributed by atoms with Crippen LogP contribution in [-0.2, 0) is 4.79 Å². The molecular formula is C13H13NO2S2. The van der Waals surface area contributed by atoms with Crippen molar-refractivity contribution in [1.82, 2.24) is 5.32 Å². The third-order valence-electron chi connectivity index (χ3n) is 3.24. The fourth-order valence-corrected chi connectivity index (χ4v) is 4.23. The second kappa shape index (κ2) is 4.82. The molecule has 2 aromatic heterocycles. The number of Topliss-reactive ketones (excluding diaryl/α,β-unsaturated/α-hetero) is 1. The molecule has 0 aliphatic heterocycles. The summed E-state index contributed by atoms with van der Waals surface area (Å²) in [4.78, 5) is 24.0. The average Bonchev–Trinajstić information content (AvgIpc) is 2.92. The van der Waals surface area contributed by atoms with Crippen LogP contribution in [0.15, 0.2) is 17.5 Å². The minimum absolute atomic E-state index is 0.00255. The number of hydrogen-bond donors (Lipinski definition) is 1. The van der Waals surface area contributed by atoms with Gasteiger partial charge >= 0.3 is 0 Å². The van der Waals surface area contributed by atoms with Gasteiger partial charge in [0.25, 0.3) is 5.91 Å². The lowest BCUT2D eigenvalue weighted by Crippen LogP contribution is -2.37. The third-order valence-corrected chi connectivity index (χ3v) is 5.33. The Hall–Kier alpha value is -1.20. The van der Waals surface area contributed by atoms with Gasteiger partial charge in [-0.05, 0) is 30.4 Å². The smallest absolute Gasteiger partial charge is 0.261 e. The highest BCUT2D eigenvalue weighted by atomic mass is 32.1. The van der Waals surface area contributed by atoms with Crippen LogP contribution in [-0.4, -0.2) is 17.7 Å². The Labute approximate surface area is 113 Å². The molecule has 18 heavy (non-hydrogen) atoms. The number of hydrogen-bond acceptors (Lipinski definition) is 4. The van der Waals surface area contributed by atoms with Crippen molar-refractivity contribution in [3.05, 3.63) is 22.4 Å². The average molecular weight is 279 g/mol. The van der Waals surface area contributed by atoms with E-state index < -0.39 is 0 Å². The Kier molecular flexibility index (Phi) is 3.18. The zero-order valence-corrected chi connectivity index (χ0v) is 11.4. The van der Waals surface area contributed by atoms with Gasteiger partial charge in [-0.15, -0.1) is 22.7 Å². The first-order chi connectivity index (χ1) is 8.72. The fraction of sp³-hybridized carbons (Fsp3) is 0.385. The van der Waals surface area contributed by atoms with Crippen LogP contribution in [0.5, 0.6) is 0 Å². The van der Waals surface area contributed by atoms with Crippen LogP contribution in [0.4, 0.5) is 0 Å². The normalized spacial score (nSPS) is 17.2. The molecule has 1 amide bonds. The lowest BCUT2D eigenvalue weighted by atomic mass is 9.94. The van der Waals surface area contributed by atoms with Crippen molar-refractivity contribution >= 4 is 43.8 Å². The van der Waals surface area contributed by atoms with E-state index in [1.165, 1.54) is 20.7 Å². The monoisotopic (exact) mass is 279 g/mol. The largest absolute Gasteiger partial charge is 0.349 e. The van der Waals surface area contributed by atoms with Crippen molar-refractivity contribution in [2.24, 2.45) is 0 Å². The van der Waals surface area contributed by atoms with Gasteiger partial charge in [-0.3, -0.25) is 9.59 Å². The summed E-state index contributed by atoms with van der Waals surface area (Å²) in [6, 6.07) is 4.16. The van der Waals surface area contributed by atoms with Gasteiger partial charge in [-0.2, -0.15) is 0 Å². The first kappa shape index (κ1) is 11.9. The van der Waals surface area contributed by atoms with Crippen molar-refractivity contribution in [2.45, 2.75) is 31.7 Å². The summed E-state index contributed by atoms with van der Waals surface area (Å²) in [5.41, 5.74) is 0. The van der Waals surface area contributed by atoms with Crippen molar-refractivity contribution < 1.29 is 9.59 Å². The SMILES string of the molecule is O=C1CCC(NC(=O)c2cc3sccc3s2)CC1. The van der Waals surface area contributed by atoms with Gasteiger partial charge in [-0.25, -0.2) is 0 Å². The minimum atomic E-state index is 0.00255. The van der Waals surface area contributed by atoms with Gasteiger partial charge < -0.3 is 5.32 Å². The van der Waals surface area contributed by atoms with Crippen LogP contribution in [0.2, 0.25) is 0 Å². The molecule has 0 radical (unpaired) electrons. The van der Waals surface area contributed by atoms with Gasteiger partial charge in [0.15, 0.2) is 0 Å². The molecule has 3 nitrogen and oxygen atoms in total. The van der Waals surface area contributed by atoms with E-state index in [0.717, 1.165) is 17.7 Å². The molecule has 1 fully saturated rings. The zero-order valence-electron chi connectivity index (χ0n) is 9.77. The van der Waals surface area contributed by atoms with Crippen LogP contribution in [0, 0.1) is 0 Å². The second-order valence-corrected chi connectivity index (χ2v) is 6.58. The van der Waals surface area contributed by atoms with Crippen molar-refractivity contribution in [3.63, 3.8) is 0 Å². The molecule has 0 saturated heterocycles. The summed E-state index contributed by atoms with van der Waals surface area (Å²) < 4.78 is 2.34. The fourth-order valence-electron chi connectivity index (χ4n) is 2.22. The molecule has 5 heteroatoms. The lowest BCUT2D eigenvalue weighted by molar-refractivity contribution is -0.120. The molecular weight excluding hydrogens is 266 g/mol. The first-order valence-corrected chi connectivity index (χ1v) is 7.71. The summed E-state index contributed by atoms with van der Waals surface area (Å²) in [6.45, 7) is 0. The van der Waals surface area contributed by atoms with E-state index in [1.54, 1.807) is 11.3 Å². The number of thiophene rings is 2. The Balaban J connectivity index is 1.67. The Morgan fingerprint density at radius 2 is 2.06 bits per heavy atom. The number of ketones is 1. The zero-order chi connectivity index (χ0) is 12.5. The number of carbonyl (C=O) groups excluding carboxylic acids is 2. The summed E-state index contributed by atoms with van der Waals surface area (Å²) in [6.07, 6.45) is 2.77. The molecule has 1 N–H and O–H groups in total. The second-order valence-electron chi connectivity index (χ2n) is 4.55. The van der Waals surface area contributed by atoms with E-state index in [0.29, 0.717) is 18.6 Å². The van der Waals surface area contributed by atoms with E-state index in [1.807, 2.05) is 17.5 Å². The molecule has 1 saturated carbocycles. The highest BCUT2D eigenvalue weighted by Crippen LogP contribution is 2.30. The Morgan fingerprint density at radius 1 is 1.28 bits per heavy atom. The molecule has 94 valence electrons. The summed E-state index contributed by atoms with van der Waals surface area (Å²) in [5.74, 6) is 0.319. The maximum absolute atomic E-state index is 12.1. The number of fused-ring (bicyclic) bond motifs is 1. The number of rotatable bonds is 2. The van der Waals surface area contributed by atoms with Crippen LogP contribution in [0.1, 0.15) is 35.4 Å². The van der Waals surface area contributed by atoms with Gasteiger partial charge in [0, 0.05) is 28.3 Å². The van der Waals surface area contributed by atoms with Gasteiger partial charge in [-0.1, -0.05) is 0 Å². The van der Waals surface area contributed by atoms with Crippen molar-refractivity contribution in [3.8, 4) is 0 Å². The predicted octanol–water partition coefficient (Wildman–Crippen LogP) is 3.20. The molecule has 2 heterocycles. The van der Waals surface area contributed by atoms with E-state index in [9.17, 15) is 9.59 Å². The van der Waals surface area contributed by atoms with E-state index in [2.05, 4.69) is 5.32 Å². The molecule has 1 aliphatic rings. The molecule has 3 rings (SSSR count). The molecule has 0 bridgehead atoms.